The molecule has 0 saturated carbocycles. The molecule has 8 heteroatoms. The van der Waals surface area contributed by atoms with Crippen LogP contribution in [0.5, 0.6) is 0 Å². The molecule has 152 valence electrons. The molecule has 8 nitrogen and oxygen atoms in total. The topological polar surface area (TPSA) is 118 Å². The Kier molecular flexibility index (Phi) is 5.46. The van der Waals surface area contributed by atoms with Gasteiger partial charge < -0.3 is 21.4 Å². The van der Waals surface area contributed by atoms with Crippen LogP contribution in [0.4, 0.5) is 23.1 Å². The van der Waals surface area contributed by atoms with Gasteiger partial charge in [0.2, 0.25) is 5.95 Å². The minimum absolute atomic E-state index is 0.0819. The Labute approximate surface area is 170 Å². The smallest absolute Gasteiger partial charge is 0.228 e. The summed E-state index contributed by atoms with van der Waals surface area (Å²) < 4.78 is 0. The molecule has 0 atom stereocenters. The van der Waals surface area contributed by atoms with E-state index >= 15 is 0 Å². The summed E-state index contributed by atoms with van der Waals surface area (Å²) in [5.41, 5.74) is 9.48. The Morgan fingerprint density at radius 2 is 1.90 bits per heavy atom. The molecular weight excluding hydrogens is 364 g/mol. The van der Waals surface area contributed by atoms with E-state index in [0.717, 1.165) is 31.3 Å². The highest BCUT2D eigenvalue weighted by atomic mass is 15.4. The molecule has 6 N–H and O–H groups in total. The van der Waals surface area contributed by atoms with Crippen LogP contribution >= 0.6 is 0 Å². The minimum atomic E-state index is 0.0819. The van der Waals surface area contributed by atoms with Crippen molar-refractivity contribution in [3.63, 3.8) is 0 Å². The number of nitrogens with two attached hydrogens (primary N) is 2. The average molecular weight is 393 g/mol. The number of hydrogen-bond donors (Lipinski definition) is 4. The maximum absolute atomic E-state index is 6.25. The van der Waals surface area contributed by atoms with Crippen molar-refractivity contribution in [1.29, 1.82) is 0 Å². The second kappa shape index (κ2) is 8.18. The lowest BCUT2D eigenvalue weighted by atomic mass is 9.91. The lowest BCUT2D eigenvalue weighted by molar-refractivity contribution is 0.459. The molecule has 1 saturated heterocycles. The zero-order chi connectivity index (χ0) is 20.4. The van der Waals surface area contributed by atoms with Crippen LogP contribution in [0.3, 0.4) is 0 Å². The van der Waals surface area contributed by atoms with Crippen molar-refractivity contribution in [3.05, 3.63) is 42.2 Å². The summed E-state index contributed by atoms with van der Waals surface area (Å²) >= 11 is 0. The lowest BCUT2D eigenvalue weighted by Crippen LogP contribution is -2.38. The van der Waals surface area contributed by atoms with Gasteiger partial charge in [-0.2, -0.15) is 0 Å². The van der Waals surface area contributed by atoms with E-state index in [1.165, 1.54) is 5.56 Å². The highest BCUT2D eigenvalue weighted by Gasteiger charge is 2.17. The quantitative estimate of drug-likeness (QED) is 0.297. The monoisotopic (exact) mass is 392 g/mol. The summed E-state index contributed by atoms with van der Waals surface area (Å²) in [4.78, 5) is 13.7. The van der Waals surface area contributed by atoms with E-state index in [1.807, 2.05) is 38.2 Å². The van der Waals surface area contributed by atoms with Gasteiger partial charge in [-0.1, -0.05) is 6.07 Å². The molecule has 0 unspecified atom stereocenters. The predicted octanol–water partition coefficient (Wildman–Crippen LogP) is 2.91. The number of hydrazine groups is 1. The molecule has 0 radical (unpaired) electrons. The molecule has 1 fully saturated rings. The van der Waals surface area contributed by atoms with Gasteiger partial charge in [-0.25, -0.2) is 20.8 Å². The van der Waals surface area contributed by atoms with E-state index in [9.17, 15) is 0 Å². The van der Waals surface area contributed by atoms with Crippen LogP contribution in [0.1, 0.15) is 38.2 Å². The van der Waals surface area contributed by atoms with E-state index in [1.54, 1.807) is 11.2 Å². The van der Waals surface area contributed by atoms with Crippen molar-refractivity contribution in [3.8, 4) is 0 Å². The van der Waals surface area contributed by atoms with Crippen molar-refractivity contribution in [2.45, 2.75) is 38.6 Å². The maximum atomic E-state index is 6.25. The molecule has 1 aliphatic heterocycles. The number of benzene rings is 1. The third-order valence-corrected chi connectivity index (χ3v) is 5.41. The fourth-order valence-electron chi connectivity index (χ4n) is 3.68. The summed E-state index contributed by atoms with van der Waals surface area (Å²) in [6, 6.07) is 7.93. The van der Waals surface area contributed by atoms with Crippen molar-refractivity contribution in [2.24, 2.45) is 5.84 Å². The van der Waals surface area contributed by atoms with Crippen molar-refractivity contribution >= 4 is 34.0 Å². The largest absolute Gasteiger partial charge is 0.397 e. The Balaban J connectivity index is 1.60. The van der Waals surface area contributed by atoms with E-state index in [4.69, 9.17) is 11.6 Å². The van der Waals surface area contributed by atoms with E-state index in [0.29, 0.717) is 34.6 Å². The predicted molar refractivity (Wildman–Crippen MR) is 118 cm³/mol. The van der Waals surface area contributed by atoms with Gasteiger partial charge in [-0.05, 0) is 69.5 Å². The number of pyridine rings is 1. The minimum Gasteiger partial charge on any atom is -0.397 e. The van der Waals surface area contributed by atoms with Crippen LogP contribution in [0.15, 0.2) is 36.7 Å². The molecule has 29 heavy (non-hydrogen) atoms. The van der Waals surface area contributed by atoms with Crippen LogP contribution in [-0.2, 0) is 0 Å². The molecule has 0 amide bonds. The van der Waals surface area contributed by atoms with Gasteiger partial charge in [-0.15, -0.1) is 0 Å². The second-order valence-corrected chi connectivity index (χ2v) is 7.76. The molecule has 4 rings (SSSR count). The van der Waals surface area contributed by atoms with Crippen LogP contribution < -0.4 is 27.2 Å². The van der Waals surface area contributed by atoms with E-state index in [2.05, 4.69) is 31.7 Å². The third kappa shape index (κ3) is 4.08. The summed E-state index contributed by atoms with van der Waals surface area (Å²) in [6.45, 7) is 6.14. The van der Waals surface area contributed by atoms with E-state index < -0.39 is 0 Å². The molecule has 0 aliphatic carbocycles. The number of aromatic nitrogens is 3. The SMILES string of the molecule is CC(C)N(N)c1c(N)ccc2cnc(Nc3ccc(C4CCNCC4)cn3)nc12. The Morgan fingerprint density at radius 1 is 1.10 bits per heavy atom. The first-order valence-electron chi connectivity index (χ1n) is 10.1. The fourth-order valence-corrected chi connectivity index (χ4v) is 3.68. The molecular formula is C21H28N8. The summed E-state index contributed by atoms with van der Waals surface area (Å²) in [6.07, 6.45) is 6.02. The van der Waals surface area contributed by atoms with Crippen LogP contribution in [0.25, 0.3) is 10.9 Å². The first kappa shape index (κ1) is 19.4. The summed E-state index contributed by atoms with van der Waals surface area (Å²) in [5, 5.41) is 9.11. The number of fused-ring (bicyclic) bond motifs is 1. The van der Waals surface area contributed by atoms with Gasteiger partial charge in [-0.3, -0.25) is 0 Å². The van der Waals surface area contributed by atoms with Gasteiger partial charge in [0.25, 0.3) is 0 Å². The third-order valence-electron chi connectivity index (χ3n) is 5.41. The van der Waals surface area contributed by atoms with Gasteiger partial charge in [0.05, 0.1) is 5.69 Å². The standard InChI is InChI=1S/C21H28N8/c1-13(2)29(23)20-17(22)5-3-16-12-26-21(28-19(16)20)27-18-6-4-15(11-25-18)14-7-9-24-10-8-14/h3-6,11-14,24H,7-10,22-23H2,1-2H3,(H,25,26,27,28). The zero-order valence-electron chi connectivity index (χ0n) is 16.9. The number of hydrogen-bond acceptors (Lipinski definition) is 8. The zero-order valence-corrected chi connectivity index (χ0v) is 16.9. The molecule has 1 aliphatic rings. The van der Waals surface area contributed by atoms with Crippen LogP contribution in [-0.4, -0.2) is 34.1 Å². The van der Waals surface area contributed by atoms with E-state index in [-0.39, 0.29) is 6.04 Å². The highest BCUT2D eigenvalue weighted by Crippen LogP contribution is 2.32. The fraction of sp³-hybridized carbons (Fsp3) is 0.381. The average Bonchev–Trinajstić information content (AvgIpc) is 2.74. The van der Waals surface area contributed by atoms with Crippen LogP contribution in [0.2, 0.25) is 0 Å². The highest BCUT2D eigenvalue weighted by molar-refractivity contribution is 5.97. The summed E-state index contributed by atoms with van der Waals surface area (Å²) in [5.74, 6) is 8.00. The second-order valence-electron chi connectivity index (χ2n) is 7.76. The van der Waals surface area contributed by atoms with Gasteiger partial charge in [0.1, 0.15) is 17.0 Å². The first-order valence-corrected chi connectivity index (χ1v) is 10.1. The van der Waals surface area contributed by atoms with Gasteiger partial charge in [0, 0.05) is 23.8 Å². The molecule has 3 heterocycles. The number of nitrogens with one attached hydrogen (secondary N) is 2. The van der Waals surface area contributed by atoms with Crippen molar-refractivity contribution < 1.29 is 0 Å². The molecule has 3 aromatic rings. The lowest BCUT2D eigenvalue weighted by Gasteiger charge is -2.25. The van der Waals surface area contributed by atoms with Gasteiger partial charge in [0.15, 0.2) is 0 Å². The summed E-state index contributed by atoms with van der Waals surface area (Å²) in [7, 11) is 0. The molecule has 0 spiro atoms. The maximum Gasteiger partial charge on any atom is 0.228 e. The van der Waals surface area contributed by atoms with Crippen molar-refractivity contribution in [1.82, 2.24) is 20.3 Å². The Morgan fingerprint density at radius 3 is 2.59 bits per heavy atom. The number of nitrogen functional groups attached to an aromatic ring is 1. The van der Waals surface area contributed by atoms with Crippen molar-refractivity contribution in [2.75, 3.05) is 29.1 Å². The van der Waals surface area contributed by atoms with Crippen LogP contribution in [0, 0.1) is 0 Å². The number of nitrogens with zero attached hydrogens (tertiary/aromatic N) is 4. The molecule has 0 bridgehead atoms. The Hall–Kier alpha value is -2.97. The number of anilines is 4. The van der Waals surface area contributed by atoms with Gasteiger partial charge >= 0.3 is 0 Å². The number of rotatable bonds is 5. The normalized spacial score (nSPS) is 15.0. The molecule has 1 aromatic carbocycles. The number of piperidine rings is 1. The Bertz CT molecular complexity index is 980. The molecule has 2 aromatic heterocycles. The first-order chi connectivity index (χ1) is 14.0.